The largest absolute Gasteiger partial charge is 0.507 e. The van der Waals surface area contributed by atoms with Crippen LogP contribution in [0.25, 0.3) is 0 Å². The molecule has 2 aromatic carbocycles. The lowest BCUT2D eigenvalue weighted by molar-refractivity contribution is 0.464. The molecule has 0 aliphatic carbocycles. The van der Waals surface area contributed by atoms with Crippen LogP contribution in [0.1, 0.15) is 74.9 Å². The second-order valence-electron chi connectivity index (χ2n) is 15.0. The Morgan fingerprint density at radius 1 is 0.379 bits per heavy atom. The van der Waals surface area contributed by atoms with Gasteiger partial charge < -0.3 is 10.2 Å². The molecule has 5 aliphatic heterocycles. The van der Waals surface area contributed by atoms with Crippen molar-refractivity contribution in [1.82, 2.24) is 0 Å². The molecule has 0 fully saturated rings. The molecule has 0 aromatic heterocycles. The van der Waals surface area contributed by atoms with Crippen molar-refractivity contribution in [3.63, 3.8) is 0 Å². The van der Waals surface area contributed by atoms with E-state index in [1.165, 1.54) is 62.0 Å². The second kappa shape index (κ2) is 20.7. The molecule has 2 nitrogen and oxygen atoms in total. The maximum atomic E-state index is 12.0. The van der Waals surface area contributed by atoms with Crippen molar-refractivity contribution in [3.05, 3.63) is 108 Å². The minimum atomic E-state index is -0.0579. The fourth-order valence-corrected chi connectivity index (χ4v) is 27.9. The van der Waals surface area contributed by atoms with E-state index < -0.39 is 0 Å². The van der Waals surface area contributed by atoms with E-state index in [-0.39, 0.29) is 10.8 Å². The van der Waals surface area contributed by atoms with Gasteiger partial charge in [0.2, 0.25) is 0 Å². The third kappa shape index (κ3) is 11.2. The van der Waals surface area contributed by atoms with Gasteiger partial charge in [-0.1, -0.05) is 160 Å². The predicted molar refractivity (Wildman–Crippen MR) is 296 cm³/mol. The molecule has 312 valence electrons. The maximum absolute atomic E-state index is 12.0. The van der Waals surface area contributed by atoms with Gasteiger partial charge in [0.05, 0.1) is 50.8 Å². The highest BCUT2D eigenvalue weighted by atomic mass is 32.3. The quantitative estimate of drug-likeness (QED) is 0.305. The summed E-state index contributed by atoms with van der Waals surface area (Å²) in [6.07, 6.45) is 8.68. The first-order valence-corrected chi connectivity index (χ1v) is 33.2. The van der Waals surface area contributed by atoms with Crippen LogP contribution >= 0.6 is 188 Å². The highest BCUT2D eigenvalue weighted by Crippen LogP contribution is 2.68. The van der Waals surface area contributed by atoms with Gasteiger partial charge >= 0.3 is 0 Å². The molecule has 5 heterocycles. The third-order valence-corrected chi connectivity index (χ3v) is 31.7. The van der Waals surface area contributed by atoms with E-state index in [0.717, 1.165) is 22.3 Å². The number of fused-ring (bicyclic) bond motifs is 4. The van der Waals surface area contributed by atoms with Gasteiger partial charge in [-0.3, -0.25) is 0 Å². The molecular formula is C40H44O2S16. The number of aromatic hydroxyl groups is 2. The van der Waals surface area contributed by atoms with Gasteiger partial charge in [-0.25, -0.2) is 0 Å². The van der Waals surface area contributed by atoms with E-state index in [1.54, 1.807) is 0 Å². The van der Waals surface area contributed by atoms with Gasteiger partial charge in [0, 0.05) is 45.3 Å². The van der Waals surface area contributed by atoms with Gasteiger partial charge in [-0.2, -0.15) is 0 Å². The van der Waals surface area contributed by atoms with Crippen LogP contribution in [0.2, 0.25) is 0 Å². The summed E-state index contributed by atoms with van der Waals surface area (Å²) in [5.74, 6) is 3.60. The van der Waals surface area contributed by atoms with Crippen LogP contribution in [0.4, 0.5) is 0 Å². The second-order valence-corrected chi connectivity index (χ2v) is 33.5. The Morgan fingerprint density at radius 2 is 0.603 bits per heavy atom. The van der Waals surface area contributed by atoms with Crippen LogP contribution in [-0.4, -0.2) is 35.2 Å². The van der Waals surface area contributed by atoms with E-state index in [0.29, 0.717) is 34.5 Å². The number of hydrogen-bond acceptors (Lipinski definition) is 18. The molecule has 2 N–H and O–H groups in total. The number of benzene rings is 2. The summed E-state index contributed by atoms with van der Waals surface area (Å²) in [5, 5.41) is 24.0. The normalized spacial score (nSPS) is 20.2. The van der Waals surface area contributed by atoms with Crippen molar-refractivity contribution in [2.24, 2.45) is 0 Å². The summed E-state index contributed by atoms with van der Waals surface area (Å²) in [6.45, 7) is 13.6. The molecule has 0 spiro atoms. The molecule has 2 aromatic rings. The van der Waals surface area contributed by atoms with Crippen LogP contribution in [0.5, 0.6) is 11.5 Å². The zero-order valence-corrected chi connectivity index (χ0v) is 46.6. The molecular weight excluding hydrogens is 1030 g/mol. The summed E-state index contributed by atoms with van der Waals surface area (Å²) < 4.78 is 16.0. The maximum Gasteiger partial charge on any atom is 0.123 e. The fraction of sp³-hybridized carbons (Fsp3) is 0.400. The smallest absolute Gasteiger partial charge is 0.123 e. The summed E-state index contributed by atoms with van der Waals surface area (Å²) in [6, 6.07) is 8.97. The predicted octanol–water partition coefficient (Wildman–Crippen LogP) is 18.5. The van der Waals surface area contributed by atoms with Crippen LogP contribution in [0.15, 0.2) is 75.1 Å². The van der Waals surface area contributed by atoms with E-state index in [4.69, 9.17) is 0 Å². The number of thioether (sulfide) groups is 16. The molecule has 58 heavy (non-hydrogen) atoms. The molecule has 0 atom stereocenters. The number of rotatable bonds is 4. The van der Waals surface area contributed by atoms with Crippen molar-refractivity contribution in [3.8, 4) is 11.5 Å². The number of phenols is 2. The Kier molecular flexibility index (Phi) is 17.2. The van der Waals surface area contributed by atoms with Gasteiger partial charge in [0.15, 0.2) is 0 Å². The Balaban J connectivity index is 1.28. The van der Waals surface area contributed by atoms with Crippen molar-refractivity contribution >= 4 is 188 Å². The van der Waals surface area contributed by atoms with Crippen LogP contribution < -0.4 is 0 Å². The molecule has 18 heteroatoms. The monoisotopic (exact) mass is 1070 g/mol. The topological polar surface area (TPSA) is 40.5 Å². The third-order valence-electron chi connectivity index (χ3n) is 8.93. The van der Waals surface area contributed by atoms with E-state index in [2.05, 4.69) is 90.8 Å². The Morgan fingerprint density at radius 3 is 0.810 bits per heavy atom. The molecule has 0 saturated carbocycles. The molecule has 0 amide bonds. The van der Waals surface area contributed by atoms with E-state index in [1.807, 2.05) is 188 Å². The highest BCUT2D eigenvalue weighted by molar-refractivity contribution is 8.46. The first kappa shape index (κ1) is 48.0. The fourth-order valence-electron chi connectivity index (χ4n) is 5.68. The summed E-state index contributed by atoms with van der Waals surface area (Å²) in [4.78, 5) is 0. The van der Waals surface area contributed by atoms with Gasteiger partial charge in [0.25, 0.3) is 0 Å². The van der Waals surface area contributed by atoms with E-state index in [9.17, 15) is 10.2 Å². The van der Waals surface area contributed by atoms with Crippen molar-refractivity contribution in [2.75, 3.05) is 25.0 Å². The molecule has 5 aliphatic rings. The van der Waals surface area contributed by atoms with E-state index >= 15 is 0 Å². The minimum absolute atomic E-state index is 0.0579. The Labute approximate surface area is 413 Å². The van der Waals surface area contributed by atoms with Gasteiger partial charge in [-0.05, 0) is 47.0 Å². The zero-order valence-electron chi connectivity index (χ0n) is 33.6. The Bertz CT molecular complexity index is 1910. The van der Waals surface area contributed by atoms with Crippen molar-refractivity contribution in [2.45, 2.75) is 75.4 Å². The average Bonchev–Trinajstić information content (AvgIpc) is 3.99. The van der Waals surface area contributed by atoms with Gasteiger partial charge in [0.1, 0.15) is 11.5 Å². The molecule has 0 unspecified atom stereocenters. The summed E-state index contributed by atoms with van der Waals surface area (Å²) in [5.41, 5.74) is 6.39. The molecule has 0 radical (unpaired) electrons. The standard InChI is InChI=1S/C40H44O2S16/c1-39(2,3)23-11-19-15-47-31-33(57-37(55-31)35-51-27(43-7)28(44-8)52-35)49-17-21-13-24(40(4,5)6)14-22(26(21)42)18-50-34-32(48-16-20(12-23)25(19)41)56-38(58-34)36-53-29(45-9)30(46-10)54-36/h11-14,41-42H,15-18H2,1-10H3. The summed E-state index contributed by atoms with van der Waals surface area (Å²) >= 11 is 29.8. The molecule has 0 saturated heterocycles. The van der Waals surface area contributed by atoms with Crippen molar-refractivity contribution < 1.29 is 10.2 Å². The first-order chi connectivity index (χ1) is 27.6. The van der Waals surface area contributed by atoms with Crippen LogP contribution in [0.3, 0.4) is 0 Å². The zero-order chi connectivity index (χ0) is 41.5. The number of hydrogen-bond donors (Lipinski definition) is 2. The number of phenolic OH excluding ortho intramolecular Hbond substituents is 2. The lowest BCUT2D eigenvalue weighted by Crippen LogP contribution is -2.12. The molecule has 7 rings (SSSR count). The lowest BCUT2D eigenvalue weighted by atomic mass is 9.85. The first-order valence-electron chi connectivity index (χ1n) is 17.9. The summed E-state index contributed by atoms with van der Waals surface area (Å²) in [7, 11) is 0. The lowest BCUT2D eigenvalue weighted by Gasteiger charge is -2.23. The van der Waals surface area contributed by atoms with Crippen molar-refractivity contribution in [1.29, 1.82) is 0 Å². The van der Waals surface area contributed by atoms with Crippen LogP contribution in [0, 0.1) is 0 Å². The minimum Gasteiger partial charge on any atom is -0.507 e. The highest BCUT2D eigenvalue weighted by Gasteiger charge is 2.33. The Hall–Kier alpha value is 2.08. The van der Waals surface area contributed by atoms with Crippen LogP contribution in [-0.2, 0) is 33.8 Å². The van der Waals surface area contributed by atoms with Gasteiger partial charge in [-0.15, -0.1) is 94.1 Å². The average molecular weight is 1070 g/mol. The molecule has 4 bridgehead atoms. The SMILES string of the molecule is CSC1=C(SC)SC(=C2SC3=C(SCc4cc(C(C)(C)C)cc(c4O)CSC4=C(SCc5cc(C(C)(C)C)cc(c5O)CS3)SC(=C3SC(SC)=C(SC)S3)S4)S2)S1.